The molecule has 0 bridgehead atoms. The van der Waals surface area contributed by atoms with E-state index in [-0.39, 0.29) is 22.7 Å². The Balaban J connectivity index is 1.88. The van der Waals surface area contributed by atoms with Gasteiger partial charge in [-0.3, -0.25) is 0 Å². The summed E-state index contributed by atoms with van der Waals surface area (Å²) in [5, 5.41) is 0. The maximum absolute atomic E-state index is 6.05. The Hall–Kier alpha value is -2.94. The van der Waals surface area contributed by atoms with Crippen molar-refractivity contribution in [3.63, 3.8) is 0 Å². The van der Waals surface area contributed by atoms with E-state index in [0.29, 0.717) is 0 Å². The second-order valence-electron chi connectivity index (χ2n) is 12.2. The molecule has 0 N–H and O–H groups in total. The number of rotatable bonds is 7. The second kappa shape index (κ2) is 10.4. The van der Waals surface area contributed by atoms with E-state index in [2.05, 4.69) is 135 Å². The molecule has 3 heteroatoms. The van der Waals surface area contributed by atoms with Gasteiger partial charge in [-0.15, -0.1) is 0 Å². The molecule has 3 aromatic carbocycles. The van der Waals surface area contributed by atoms with Crippen LogP contribution in [0.15, 0.2) is 72.8 Å². The number of hydrogen-bond acceptors (Lipinski definition) is 3. The van der Waals surface area contributed by atoms with Crippen LogP contribution < -0.4 is 14.2 Å². The van der Waals surface area contributed by atoms with Crippen molar-refractivity contribution < 1.29 is 14.2 Å². The van der Waals surface area contributed by atoms with Gasteiger partial charge in [0.2, 0.25) is 0 Å². The third kappa shape index (κ3) is 8.98. The Morgan fingerprint density at radius 3 is 1.03 bits per heavy atom. The minimum Gasteiger partial charge on any atom is -0.488 e. The molecule has 0 aromatic heterocycles. The number of benzene rings is 3. The largest absolute Gasteiger partial charge is 0.488 e. The van der Waals surface area contributed by atoms with E-state index in [1.807, 2.05) is 0 Å². The van der Waals surface area contributed by atoms with Gasteiger partial charge in [-0.05, 0) is 122 Å². The lowest BCUT2D eigenvalue weighted by Gasteiger charge is -2.24. The van der Waals surface area contributed by atoms with Gasteiger partial charge in [-0.25, -0.2) is 0 Å². The average Bonchev–Trinajstić information content (AvgIpc) is 2.71. The Morgan fingerprint density at radius 2 is 0.743 bits per heavy atom. The monoisotopic (exact) mass is 474 g/mol. The summed E-state index contributed by atoms with van der Waals surface area (Å²) in [6.07, 6.45) is 0.884. The molecule has 0 heterocycles. The van der Waals surface area contributed by atoms with Crippen molar-refractivity contribution in [3.8, 4) is 17.2 Å². The Bertz CT molecular complexity index is 999. The normalized spacial score (nSPS) is 12.5. The highest BCUT2D eigenvalue weighted by Crippen LogP contribution is 2.33. The van der Waals surface area contributed by atoms with Crippen LogP contribution in [-0.4, -0.2) is 16.8 Å². The summed E-state index contributed by atoms with van der Waals surface area (Å²) >= 11 is 0. The van der Waals surface area contributed by atoms with Crippen molar-refractivity contribution in [1.82, 2.24) is 0 Å². The molecule has 188 valence electrons. The first kappa shape index (κ1) is 26.7. The van der Waals surface area contributed by atoms with E-state index in [9.17, 15) is 0 Å². The van der Waals surface area contributed by atoms with E-state index in [1.54, 1.807) is 0 Å². The zero-order chi connectivity index (χ0) is 25.9. The van der Waals surface area contributed by atoms with Crippen LogP contribution in [0, 0.1) is 0 Å². The zero-order valence-corrected chi connectivity index (χ0v) is 22.9. The molecule has 0 fully saturated rings. The summed E-state index contributed by atoms with van der Waals surface area (Å²) in [4.78, 5) is 0. The van der Waals surface area contributed by atoms with Crippen molar-refractivity contribution in [3.05, 3.63) is 89.5 Å². The topological polar surface area (TPSA) is 27.7 Å². The summed E-state index contributed by atoms with van der Waals surface area (Å²) in [7, 11) is 0. The smallest absolute Gasteiger partial charge is 0.120 e. The first-order chi connectivity index (χ1) is 16.2. The van der Waals surface area contributed by atoms with Gasteiger partial charge < -0.3 is 14.2 Å². The van der Waals surface area contributed by atoms with E-state index in [0.717, 1.165) is 23.7 Å². The molecule has 3 aromatic rings. The first-order valence-electron chi connectivity index (χ1n) is 12.5. The predicted octanol–water partition coefficient (Wildman–Crippen LogP) is 8.59. The minimum absolute atomic E-state index is 0.205. The van der Waals surface area contributed by atoms with E-state index >= 15 is 0 Å². The molecule has 0 unspecified atom stereocenters. The van der Waals surface area contributed by atoms with Crippen molar-refractivity contribution in [2.45, 2.75) is 91.5 Å². The average molecular weight is 475 g/mol. The molecule has 3 nitrogen and oxygen atoms in total. The highest BCUT2D eigenvalue weighted by Gasteiger charge is 2.19. The second-order valence-corrected chi connectivity index (χ2v) is 12.2. The van der Waals surface area contributed by atoms with E-state index in [4.69, 9.17) is 14.2 Å². The van der Waals surface area contributed by atoms with Gasteiger partial charge in [0, 0.05) is 5.92 Å². The van der Waals surface area contributed by atoms with Crippen molar-refractivity contribution in [1.29, 1.82) is 0 Å². The van der Waals surface area contributed by atoms with Crippen LogP contribution in [0.5, 0.6) is 17.2 Å². The van der Waals surface area contributed by atoms with Crippen LogP contribution >= 0.6 is 0 Å². The quantitative estimate of drug-likeness (QED) is 0.343. The standard InChI is InChI=1S/C32H42O3/c1-30(2,3)33-26-16-10-23(11-17-26)22-29(24-12-18-27(19-13-24)34-31(4,5)6)25-14-20-28(21-15-25)35-32(7,8)9/h10-21,29H,22H2,1-9H3. The molecule has 0 amide bonds. The molecule has 3 rings (SSSR count). The van der Waals surface area contributed by atoms with Crippen LogP contribution in [0.1, 0.15) is 84.9 Å². The summed E-state index contributed by atoms with van der Waals surface area (Å²) in [6, 6.07) is 25.5. The minimum atomic E-state index is -0.222. The summed E-state index contributed by atoms with van der Waals surface area (Å²) in [5.41, 5.74) is 3.12. The lowest BCUT2D eigenvalue weighted by atomic mass is 9.86. The van der Waals surface area contributed by atoms with Gasteiger partial charge in [-0.1, -0.05) is 36.4 Å². The van der Waals surface area contributed by atoms with Crippen LogP contribution in [0.25, 0.3) is 0 Å². The van der Waals surface area contributed by atoms with Crippen molar-refractivity contribution in [2.75, 3.05) is 0 Å². The van der Waals surface area contributed by atoms with Crippen molar-refractivity contribution in [2.24, 2.45) is 0 Å². The Morgan fingerprint density at radius 1 is 0.457 bits per heavy atom. The van der Waals surface area contributed by atoms with Gasteiger partial charge in [0.05, 0.1) is 0 Å². The van der Waals surface area contributed by atoms with Gasteiger partial charge in [-0.2, -0.15) is 0 Å². The predicted molar refractivity (Wildman–Crippen MR) is 146 cm³/mol. The number of ether oxygens (including phenoxy) is 3. The first-order valence-corrected chi connectivity index (χ1v) is 12.5. The fourth-order valence-electron chi connectivity index (χ4n) is 3.95. The van der Waals surface area contributed by atoms with Crippen LogP contribution in [0.3, 0.4) is 0 Å². The molecule has 0 aliphatic heterocycles. The lowest BCUT2D eigenvalue weighted by molar-refractivity contribution is 0.130. The fraction of sp³-hybridized carbons (Fsp3) is 0.438. The highest BCUT2D eigenvalue weighted by molar-refractivity contribution is 5.40. The molecule has 0 saturated carbocycles. The molecule has 0 radical (unpaired) electrons. The van der Waals surface area contributed by atoms with Gasteiger partial charge >= 0.3 is 0 Å². The van der Waals surface area contributed by atoms with Crippen LogP contribution in [-0.2, 0) is 6.42 Å². The SMILES string of the molecule is CC(C)(C)Oc1ccc(CC(c2ccc(OC(C)(C)C)cc2)c2ccc(OC(C)(C)C)cc2)cc1. The zero-order valence-electron chi connectivity index (χ0n) is 22.9. The summed E-state index contributed by atoms with van der Waals surface area (Å²) in [5.74, 6) is 2.87. The van der Waals surface area contributed by atoms with Crippen LogP contribution in [0.4, 0.5) is 0 Å². The van der Waals surface area contributed by atoms with Gasteiger partial charge in [0.15, 0.2) is 0 Å². The highest BCUT2D eigenvalue weighted by atomic mass is 16.5. The van der Waals surface area contributed by atoms with Gasteiger partial charge in [0.25, 0.3) is 0 Å². The molecule has 0 aliphatic carbocycles. The molecule has 35 heavy (non-hydrogen) atoms. The molecule has 0 aliphatic rings. The van der Waals surface area contributed by atoms with E-state index in [1.165, 1.54) is 16.7 Å². The lowest BCUT2D eigenvalue weighted by Crippen LogP contribution is -2.23. The molecule has 0 spiro atoms. The molecule has 0 saturated heterocycles. The van der Waals surface area contributed by atoms with Crippen molar-refractivity contribution >= 4 is 0 Å². The van der Waals surface area contributed by atoms with E-state index < -0.39 is 0 Å². The van der Waals surface area contributed by atoms with Crippen LogP contribution in [0.2, 0.25) is 0 Å². The molecule has 0 atom stereocenters. The Kier molecular flexibility index (Phi) is 7.89. The maximum Gasteiger partial charge on any atom is 0.120 e. The molecular weight excluding hydrogens is 432 g/mol. The number of hydrogen-bond donors (Lipinski definition) is 0. The fourth-order valence-corrected chi connectivity index (χ4v) is 3.95. The van der Waals surface area contributed by atoms with Gasteiger partial charge in [0.1, 0.15) is 34.1 Å². The Labute approximate surface area is 212 Å². The molecular formula is C32H42O3. The maximum atomic E-state index is 6.05. The third-order valence-corrected chi connectivity index (χ3v) is 5.20. The summed E-state index contributed by atoms with van der Waals surface area (Å²) in [6.45, 7) is 18.6. The summed E-state index contributed by atoms with van der Waals surface area (Å²) < 4.78 is 18.1. The third-order valence-electron chi connectivity index (χ3n) is 5.20.